The van der Waals surface area contributed by atoms with Gasteiger partial charge in [-0.2, -0.15) is 0 Å². The Morgan fingerprint density at radius 3 is 2.06 bits per heavy atom. The van der Waals surface area contributed by atoms with Gasteiger partial charge in [0.25, 0.3) is 0 Å². The minimum atomic E-state index is -0.734. The van der Waals surface area contributed by atoms with Crippen LogP contribution in [0.1, 0.15) is 59.4 Å². The molecule has 0 aromatic heterocycles. The van der Waals surface area contributed by atoms with Gasteiger partial charge in [-0.3, -0.25) is 19.6 Å². The zero-order valence-corrected chi connectivity index (χ0v) is 19.7. The summed E-state index contributed by atoms with van der Waals surface area (Å²) in [6, 6.07) is 9.20. The summed E-state index contributed by atoms with van der Waals surface area (Å²) in [4.78, 5) is 38.2. The minimum absolute atomic E-state index is 0.159. The van der Waals surface area contributed by atoms with Gasteiger partial charge in [-0.1, -0.05) is 65.0 Å². The lowest BCUT2D eigenvalue weighted by Crippen LogP contribution is -2.55. The van der Waals surface area contributed by atoms with Crippen molar-refractivity contribution in [3.8, 4) is 0 Å². The van der Waals surface area contributed by atoms with Crippen molar-refractivity contribution in [3.05, 3.63) is 35.9 Å². The molecule has 0 aliphatic rings. The number of benzene rings is 1. The summed E-state index contributed by atoms with van der Waals surface area (Å²) in [7, 11) is 1.53. The summed E-state index contributed by atoms with van der Waals surface area (Å²) in [5.41, 5.74) is 2.40. The van der Waals surface area contributed by atoms with Gasteiger partial charge in [0, 0.05) is 13.0 Å². The molecule has 1 aromatic carbocycles. The lowest BCUT2D eigenvalue weighted by molar-refractivity contribution is -0.142. The van der Waals surface area contributed by atoms with E-state index in [1.807, 2.05) is 65.0 Å². The largest absolute Gasteiger partial charge is 0.357 e. The number of hydrogen-bond acceptors (Lipinski definition) is 4. The number of hydrogen-bond donors (Lipinski definition) is 4. The number of nitrogens with one attached hydrogen (secondary N) is 3. The van der Waals surface area contributed by atoms with Crippen molar-refractivity contribution in [1.29, 1.82) is 0 Å². The molecule has 0 fully saturated rings. The molecule has 0 spiro atoms. The Morgan fingerprint density at radius 2 is 1.58 bits per heavy atom. The van der Waals surface area contributed by atoms with Crippen LogP contribution in [0.2, 0.25) is 0 Å². The zero-order valence-electron chi connectivity index (χ0n) is 19.7. The molecular weight excluding hydrogens is 394 g/mol. The van der Waals surface area contributed by atoms with E-state index in [-0.39, 0.29) is 17.7 Å². The monoisotopic (exact) mass is 433 g/mol. The topological polar surface area (TPSA) is 108 Å². The molecule has 0 radical (unpaired) electrons. The third kappa shape index (κ3) is 8.69. The van der Waals surface area contributed by atoms with Crippen LogP contribution in [-0.2, 0) is 20.8 Å². The van der Waals surface area contributed by atoms with Crippen LogP contribution in [0.5, 0.6) is 0 Å². The first-order valence-electron chi connectivity index (χ1n) is 11.0. The highest BCUT2D eigenvalue weighted by Gasteiger charge is 2.38. The predicted octanol–water partition coefficient (Wildman–Crippen LogP) is 3.07. The second-order valence-electron chi connectivity index (χ2n) is 9.62. The average Bonchev–Trinajstić information content (AvgIpc) is 2.72. The van der Waals surface area contributed by atoms with Crippen molar-refractivity contribution < 1.29 is 19.6 Å². The van der Waals surface area contributed by atoms with Crippen LogP contribution in [0.25, 0.3) is 0 Å². The first-order valence-corrected chi connectivity index (χ1v) is 11.0. The fraction of sp³-hybridized carbons (Fsp3) is 0.625. The number of hydroxylamine groups is 1. The van der Waals surface area contributed by atoms with Crippen LogP contribution in [0, 0.1) is 23.2 Å². The third-order valence-electron chi connectivity index (χ3n) is 5.48. The smallest absolute Gasteiger partial charge is 0.247 e. The van der Waals surface area contributed by atoms with E-state index in [2.05, 4.69) is 10.6 Å². The SMILES string of the molecule is CNC(=O)[C@@H](NC(=O)[C@H](CC(C)C)[C@H](CCCc1ccccc1)C(=O)NO)C(C)(C)C. The van der Waals surface area contributed by atoms with Crippen LogP contribution in [0.3, 0.4) is 0 Å². The van der Waals surface area contributed by atoms with E-state index in [9.17, 15) is 19.6 Å². The molecule has 0 aliphatic carbocycles. The summed E-state index contributed by atoms with van der Waals surface area (Å²) in [6.45, 7) is 9.60. The maximum absolute atomic E-state index is 13.3. The van der Waals surface area contributed by atoms with E-state index in [1.54, 1.807) is 5.48 Å². The van der Waals surface area contributed by atoms with E-state index in [4.69, 9.17) is 0 Å². The number of likely N-dealkylation sites (N-methyl/N-ethyl adjacent to an activating group) is 1. The Labute approximate surface area is 186 Å². The van der Waals surface area contributed by atoms with Gasteiger partial charge < -0.3 is 10.6 Å². The fourth-order valence-electron chi connectivity index (χ4n) is 3.80. The van der Waals surface area contributed by atoms with E-state index in [0.717, 1.165) is 12.0 Å². The molecule has 31 heavy (non-hydrogen) atoms. The molecule has 0 aliphatic heterocycles. The maximum atomic E-state index is 13.3. The molecule has 3 atom stereocenters. The maximum Gasteiger partial charge on any atom is 0.247 e. The molecule has 174 valence electrons. The first kappa shape index (κ1) is 26.6. The third-order valence-corrected chi connectivity index (χ3v) is 5.48. The lowest BCUT2D eigenvalue weighted by atomic mass is 9.79. The van der Waals surface area contributed by atoms with Crippen molar-refractivity contribution >= 4 is 17.7 Å². The van der Waals surface area contributed by atoms with Crippen molar-refractivity contribution in [1.82, 2.24) is 16.1 Å². The van der Waals surface area contributed by atoms with Crippen LogP contribution in [0.4, 0.5) is 0 Å². The van der Waals surface area contributed by atoms with Gasteiger partial charge in [0.2, 0.25) is 17.7 Å². The molecule has 7 nitrogen and oxygen atoms in total. The predicted molar refractivity (Wildman–Crippen MR) is 121 cm³/mol. The molecular formula is C24H39N3O4. The first-order chi connectivity index (χ1) is 14.5. The Morgan fingerprint density at radius 1 is 0.968 bits per heavy atom. The standard InChI is InChI=1S/C24H39N3O4/c1-16(2)15-19(21(28)26-20(23(30)25-6)24(3,4)5)18(22(29)27-31)14-10-13-17-11-8-7-9-12-17/h7-9,11-12,16,18-20,31H,10,13-15H2,1-6H3,(H,25,30)(H,26,28)(H,27,29)/t18-,19+,20+/m0/s1. The molecule has 0 heterocycles. The van der Waals surface area contributed by atoms with Crippen LogP contribution in [-0.4, -0.2) is 36.0 Å². The quantitative estimate of drug-likeness (QED) is 0.318. The van der Waals surface area contributed by atoms with Crippen molar-refractivity contribution in [2.45, 2.75) is 66.3 Å². The molecule has 0 unspecified atom stereocenters. The van der Waals surface area contributed by atoms with Gasteiger partial charge in [0.15, 0.2) is 0 Å². The van der Waals surface area contributed by atoms with Crippen LogP contribution >= 0.6 is 0 Å². The summed E-state index contributed by atoms with van der Waals surface area (Å²) in [5, 5.41) is 14.8. The highest BCUT2D eigenvalue weighted by atomic mass is 16.5. The molecule has 3 amide bonds. The summed E-state index contributed by atoms with van der Waals surface area (Å²) in [5.74, 6) is -2.38. The van der Waals surface area contributed by atoms with Gasteiger partial charge >= 0.3 is 0 Å². The van der Waals surface area contributed by atoms with E-state index in [0.29, 0.717) is 19.3 Å². The summed E-state index contributed by atoms with van der Waals surface area (Å²) >= 11 is 0. The van der Waals surface area contributed by atoms with Crippen molar-refractivity contribution in [2.75, 3.05) is 7.05 Å². The molecule has 1 rings (SSSR count). The highest BCUT2D eigenvalue weighted by Crippen LogP contribution is 2.28. The van der Waals surface area contributed by atoms with E-state index in [1.165, 1.54) is 7.05 Å². The van der Waals surface area contributed by atoms with Crippen molar-refractivity contribution in [3.63, 3.8) is 0 Å². The van der Waals surface area contributed by atoms with Gasteiger partial charge in [-0.15, -0.1) is 0 Å². The number of carbonyl (C=O) groups is 3. The molecule has 7 heteroatoms. The Hall–Kier alpha value is -2.41. The number of amides is 3. The Kier molecular flexibility index (Phi) is 10.7. The zero-order chi connectivity index (χ0) is 23.6. The highest BCUT2D eigenvalue weighted by molar-refractivity contribution is 5.91. The number of aryl methyl sites for hydroxylation is 1. The molecule has 1 aromatic rings. The molecule has 0 saturated heterocycles. The Balaban J connectivity index is 3.06. The van der Waals surface area contributed by atoms with Crippen LogP contribution < -0.4 is 16.1 Å². The lowest BCUT2D eigenvalue weighted by Gasteiger charge is -2.33. The van der Waals surface area contributed by atoms with Gasteiger partial charge in [0.1, 0.15) is 6.04 Å². The summed E-state index contributed by atoms with van der Waals surface area (Å²) < 4.78 is 0. The van der Waals surface area contributed by atoms with Crippen molar-refractivity contribution in [2.24, 2.45) is 23.2 Å². The second-order valence-corrected chi connectivity index (χ2v) is 9.62. The number of rotatable bonds is 11. The summed E-state index contributed by atoms with van der Waals surface area (Å²) in [6.07, 6.45) is 2.39. The molecule has 0 saturated carbocycles. The normalized spacial score (nSPS) is 14.5. The van der Waals surface area contributed by atoms with Crippen LogP contribution in [0.15, 0.2) is 30.3 Å². The molecule has 0 bridgehead atoms. The van der Waals surface area contributed by atoms with Gasteiger partial charge in [-0.25, -0.2) is 5.48 Å². The number of carbonyl (C=O) groups excluding carboxylic acids is 3. The molecule has 4 N–H and O–H groups in total. The second kappa shape index (κ2) is 12.4. The van der Waals surface area contributed by atoms with E-state index >= 15 is 0 Å². The fourth-order valence-corrected chi connectivity index (χ4v) is 3.80. The Bertz CT molecular complexity index is 713. The van der Waals surface area contributed by atoms with Gasteiger partial charge in [0.05, 0.1) is 5.92 Å². The average molecular weight is 434 g/mol. The van der Waals surface area contributed by atoms with E-state index < -0.39 is 29.2 Å². The minimum Gasteiger partial charge on any atom is -0.357 e. The van der Waals surface area contributed by atoms with Gasteiger partial charge in [-0.05, 0) is 42.6 Å².